The number of anilines is 1. The molecule has 0 radical (unpaired) electrons. The number of rotatable bonds is 11. The molecule has 1 heterocycles. The molecule has 1 aromatic rings. The summed E-state index contributed by atoms with van der Waals surface area (Å²) in [6.07, 6.45) is 12.0. The van der Waals surface area contributed by atoms with Gasteiger partial charge < -0.3 is 10.5 Å². The quantitative estimate of drug-likeness (QED) is 0.246. The van der Waals surface area contributed by atoms with E-state index in [1.807, 2.05) is 6.08 Å². The van der Waals surface area contributed by atoms with Crippen LogP contribution in [0.3, 0.4) is 0 Å². The Labute approximate surface area is 184 Å². The lowest BCUT2D eigenvalue weighted by atomic mass is 9.97. The molecule has 0 aliphatic carbocycles. The van der Waals surface area contributed by atoms with Crippen molar-refractivity contribution >= 4 is 21.7 Å². The Hall–Kier alpha value is -1.90. The lowest BCUT2D eigenvalue weighted by Gasteiger charge is -2.11. The summed E-state index contributed by atoms with van der Waals surface area (Å²) in [5.41, 5.74) is 8.58. The Balaban J connectivity index is 2.79. The Morgan fingerprint density at radius 2 is 2.03 bits per heavy atom. The Morgan fingerprint density at radius 3 is 2.69 bits per heavy atom. The first-order valence-electron chi connectivity index (χ1n) is 10.3. The number of nitrogen functional groups attached to an aromatic ring is 1. The van der Waals surface area contributed by atoms with Crippen LogP contribution in [0.1, 0.15) is 59.1 Å². The third-order valence-corrected chi connectivity index (χ3v) is 4.87. The zero-order valence-corrected chi connectivity index (χ0v) is 19.8. The van der Waals surface area contributed by atoms with Crippen molar-refractivity contribution in [2.45, 2.75) is 53.4 Å². The largest absolute Gasteiger partial charge is 0.381 e. The van der Waals surface area contributed by atoms with Crippen LogP contribution in [0.2, 0.25) is 0 Å². The second kappa shape index (κ2) is 14.1. The number of nitrogens with zero attached hydrogens (tertiary/aromatic N) is 2. The van der Waals surface area contributed by atoms with Crippen molar-refractivity contribution in [3.05, 3.63) is 52.4 Å². The van der Waals surface area contributed by atoms with E-state index in [0.29, 0.717) is 28.0 Å². The van der Waals surface area contributed by atoms with Crippen LogP contribution in [0.5, 0.6) is 0 Å². The first-order valence-corrected chi connectivity index (χ1v) is 11.1. The maximum absolute atomic E-state index is 5.86. The van der Waals surface area contributed by atoms with Gasteiger partial charge in [0.15, 0.2) is 11.5 Å². The highest BCUT2D eigenvalue weighted by Gasteiger charge is 2.05. The van der Waals surface area contributed by atoms with Crippen molar-refractivity contribution < 1.29 is 4.74 Å². The summed E-state index contributed by atoms with van der Waals surface area (Å²) in [5.74, 6) is 7.50. The predicted octanol–water partition coefficient (Wildman–Crippen LogP) is 6.10. The number of nitrogens with two attached hydrogens (primary N) is 1. The van der Waals surface area contributed by atoms with Crippen LogP contribution in [0.15, 0.2) is 46.8 Å². The van der Waals surface area contributed by atoms with E-state index in [1.165, 1.54) is 5.57 Å². The summed E-state index contributed by atoms with van der Waals surface area (Å²) in [6.45, 7) is 14.3. The lowest BCUT2D eigenvalue weighted by molar-refractivity contribution is 0.121. The molecule has 0 spiro atoms. The summed E-state index contributed by atoms with van der Waals surface area (Å²) < 4.78 is 6.21. The summed E-state index contributed by atoms with van der Waals surface area (Å²) in [5, 5.41) is 0. The van der Waals surface area contributed by atoms with E-state index in [1.54, 1.807) is 6.20 Å². The molecule has 0 aromatic carbocycles. The minimum Gasteiger partial charge on any atom is -0.381 e. The average Bonchev–Trinajstić information content (AvgIpc) is 2.69. The maximum atomic E-state index is 5.86. The van der Waals surface area contributed by atoms with Gasteiger partial charge in [0.2, 0.25) is 0 Å². The predicted molar refractivity (Wildman–Crippen MR) is 126 cm³/mol. The molecule has 0 saturated carbocycles. The molecule has 1 rings (SSSR count). The number of aromatic nitrogens is 2. The zero-order valence-electron chi connectivity index (χ0n) is 18.2. The molecule has 0 aliphatic heterocycles. The van der Waals surface area contributed by atoms with Crippen LogP contribution in [-0.2, 0) is 4.74 Å². The molecule has 5 heteroatoms. The summed E-state index contributed by atoms with van der Waals surface area (Å²) in [7, 11) is 0. The van der Waals surface area contributed by atoms with Crippen molar-refractivity contribution in [2.75, 3.05) is 18.9 Å². The van der Waals surface area contributed by atoms with Gasteiger partial charge in [0.05, 0.1) is 6.20 Å². The van der Waals surface area contributed by atoms with Crippen molar-refractivity contribution in [1.29, 1.82) is 0 Å². The Bertz CT molecular complexity index is 772. The fraction of sp³-hybridized carbons (Fsp3) is 0.500. The van der Waals surface area contributed by atoms with E-state index in [9.17, 15) is 0 Å². The molecule has 0 amide bonds. The van der Waals surface area contributed by atoms with Gasteiger partial charge in [0, 0.05) is 18.8 Å². The van der Waals surface area contributed by atoms with Crippen molar-refractivity contribution in [3.63, 3.8) is 0 Å². The molecule has 1 aromatic heterocycles. The molecular formula is C24H34BrN3O. The highest BCUT2D eigenvalue weighted by Crippen LogP contribution is 2.18. The van der Waals surface area contributed by atoms with Gasteiger partial charge in [-0.05, 0) is 64.9 Å². The van der Waals surface area contributed by atoms with Crippen molar-refractivity contribution in [3.8, 4) is 11.8 Å². The van der Waals surface area contributed by atoms with Crippen LogP contribution >= 0.6 is 15.9 Å². The normalized spacial score (nSPS) is 13.2. The molecule has 2 N–H and O–H groups in total. The van der Waals surface area contributed by atoms with E-state index in [2.05, 4.69) is 84.2 Å². The lowest BCUT2D eigenvalue weighted by Crippen LogP contribution is -2.03. The maximum Gasteiger partial charge on any atom is 0.158 e. The molecule has 0 bridgehead atoms. The van der Waals surface area contributed by atoms with Gasteiger partial charge in [0.1, 0.15) is 4.60 Å². The summed E-state index contributed by atoms with van der Waals surface area (Å²) >= 11 is 3.30. The molecule has 4 nitrogen and oxygen atoms in total. The van der Waals surface area contributed by atoms with Crippen molar-refractivity contribution in [1.82, 2.24) is 9.97 Å². The number of ether oxygens (including phenoxy) is 1. The first-order chi connectivity index (χ1) is 13.9. The third kappa shape index (κ3) is 10.4. The van der Waals surface area contributed by atoms with Crippen LogP contribution in [0.4, 0.5) is 5.82 Å². The second-order valence-corrected chi connectivity index (χ2v) is 8.26. The number of hydrogen-bond donors (Lipinski definition) is 1. The Morgan fingerprint density at radius 1 is 1.28 bits per heavy atom. The molecule has 158 valence electrons. The standard InChI is InChI=1S/C24H34BrN3O/c1-6-15-29-16-14-19(5)8-9-20(7-2)10-11-21(18(3)4)12-13-22-24(26)27-17-23(25)28-22/h7,10-11,17-19H,2,6,8-9,14-16H2,1,3-5H3,(H2,26,27)/b20-10+,21-11-. The van der Waals surface area contributed by atoms with Gasteiger partial charge >= 0.3 is 0 Å². The third-order valence-electron chi connectivity index (χ3n) is 4.49. The van der Waals surface area contributed by atoms with E-state index < -0.39 is 0 Å². The van der Waals surface area contributed by atoms with E-state index in [4.69, 9.17) is 10.5 Å². The minimum atomic E-state index is 0.292. The zero-order chi connectivity index (χ0) is 21.6. The number of halogens is 1. The van der Waals surface area contributed by atoms with Gasteiger partial charge in [-0.1, -0.05) is 58.4 Å². The fourth-order valence-electron chi connectivity index (χ4n) is 2.52. The highest BCUT2D eigenvalue weighted by molar-refractivity contribution is 9.10. The Kier molecular flexibility index (Phi) is 12.3. The van der Waals surface area contributed by atoms with Crippen LogP contribution in [0.25, 0.3) is 0 Å². The molecule has 0 saturated heterocycles. The smallest absolute Gasteiger partial charge is 0.158 e. The molecule has 0 fully saturated rings. The summed E-state index contributed by atoms with van der Waals surface area (Å²) in [4.78, 5) is 8.36. The van der Waals surface area contributed by atoms with Crippen molar-refractivity contribution in [2.24, 2.45) is 11.8 Å². The second-order valence-electron chi connectivity index (χ2n) is 7.44. The number of allylic oxidation sites excluding steroid dienone is 5. The van der Waals surface area contributed by atoms with Gasteiger partial charge in [-0.2, -0.15) is 0 Å². The molecule has 1 unspecified atom stereocenters. The number of hydrogen-bond acceptors (Lipinski definition) is 4. The first kappa shape index (κ1) is 25.1. The van der Waals surface area contributed by atoms with Crippen LogP contribution in [0, 0.1) is 23.7 Å². The highest BCUT2D eigenvalue weighted by atomic mass is 79.9. The summed E-state index contributed by atoms with van der Waals surface area (Å²) in [6, 6.07) is 0. The monoisotopic (exact) mass is 459 g/mol. The van der Waals surface area contributed by atoms with Gasteiger partial charge in [0.25, 0.3) is 0 Å². The SMILES string of the molecule is C=C/C(=C\C=C(\C#Cc1nc(Br)cnc1N)C(C)C)CCC(C)CCOCCC. The van der Waals surface area contributed by atoms with E-state index in [-0.39, 0.29) is 0 Å². The average molecular weight is 460 g/mol. The van der Waals surface area contributed by atoms with E-state index >= 15 is 0 Å². The fourth-order valence-corrected chi connectivity index (χ4v) is 2.80. The van der Waals surface area contributed by atoms with Crippen LogP contribution < -0.4 is 5.73 Å². The van der Waals surface area contributed by atoms with E-state index in [0.717, 1.165) is 44.5 Å². The minimum absolute atomic E-state index is 0.292. The van der Waals surface area contributed by atoms with Gasteiger partial charge in [-0.15, -0.1) is 0 Å². The van der Waals surface area contributed by atoms with Gasteiger partial charge in [-0.3, -0.25) is 0 Å². The molecule has 29 heavy (non-hydrogen) atoms. The molecule has 0 aliphatic rings. The van der Waals surface area contributed by atoms with Crippen LogP contribution in [-0.4, -0.2) is 23.2 Å². The van der Waals surface area contributed by atoms with Gasteiger partial charge in [-0.25, -0.2) is 9.97 Å². The topological polar surface area (TPSA) is 61.0 Å². The molecule has 1 atom stereocenters. The molecular weight excluding hydrogens is 426 g/mol.